The van der Waals surface area contributed by atoms with Crippen molar-refractivity contribution in [2.24, 2.45) is 0 Å². The molecule has 0 aliphatic rings. The monoisotopic (exact) mass is 498 g/mol. The predicted molar refractivity (Wildman–Crippen MR) is 137 cm³/mol. The van der Waals surface area contributed by atoms with Gasteiger partial charge in [0, 0.05) is 40.6 Å². The molecule has 0 radical (unpaired) electrons. The molecule has 1 atom stereocenters. The Labute approximate surface area is 198 Å². The molecule has 0 rings (SSSR count). The first-order valence-corrected chi connectivity index (χ1v) is 17.3. The van der Waals surface area contributed by atoms with Crippen molar-refractivity contribution in [3.8, 4) is 0 Å². The molecule has 0 aliphatic carbocycles. The number of nitrogens with one attached hydrogen (secondary N) is 1. The Balaban J connectivity index is 5.23. The van der Waals surface area contributed by atoms with E-state index in [1.807, 2.05) is 11.8 Å². The summed E-state index contributed by atoms with van der Waals surface area (Å²) in [5, 5.41) is 3.93. The fourth-order valence-electron chi connectivity index (χ4n) is 4.14. The first-order chi connectivity index (χ1) is 14.8. The SMILES string of the molecule is CCO[Si](C)(CCCNC(CCC[Si](OC)(OC)OC)(SCC)N(CC)CC)OCC. The lowest BCUT2D eigenvalue weighted by Gasteiger charge is -2.44. The smallest absolute Gasteiger partial charge is 0.395 e. The van der Waals surface area contributed by atoms with Gasteiger partial charge in [0.1, 0.15) is 4.99 Å². The summed E-state index contributed by atoms with van der Waals surface area (Å²) in [7, 11) is 0.427. The maximum atomic E-state index is 6.01. The summed E-state index contributed by atoms with van der Waals surface area (Å²) in [6, 6.07) is 1.81. The zero-order valence-corrected chi connectivity index (χ0v) is 24.5. The average molecular weight is 499 g/mol. The van der Waals surface area contributed by atoms with Crippen LogP contribution in [-0.2, 0) is 22.1 Å². The Kier molecular flexibility index (Phi) is 17.3. The normalized spacial score (nSPS) is 14.9. The van der Waals surface area contributed by atoms with Crippen molar-refractivity contribution in [1.29, 1.82) is 0 Å². The highest BCUT2D eigenvalue weighted by molar-refractivity contribution is 8.00. The molecule has 0 aromatic rings. The molecule has 7 nitrogen and oxygen atoms in total. The first-order valence-electron chi connectivity index (χ1n) is 11.9. The number of rotatable bonds is 21. The highest BCUT2D eigenvalue weighted by Crippen LogP contribution is 2.34. The minimum absolute atomic E-state index is 0.108. The number of nitrogens with zero attached hydrogens (tertiary/aromatic N) is 1. The fourth-order valence-corrected chi connectivity index (χ4v) is 9.68. The van der Waals surface area contributed by atoms with Gasteiger partial charge in [-0.05, 0) is 71.1 Å². The molecule has 1 N–H and O–H groups in total. The van der Waals surface area contributed by atoms with Gasteiger partial charge in [-0.3, -0.25) is 10.2 Å². The van der Waals surface area contributed by atoms with E-state index in [1.54, 1.807) is 21.3 Å². The molecule has 0 bridgehead atoms. The van der Waals surface area contributed by atoms with E-state index in [2.05, 4.69) is 51.4 Å². The van der Waals surface area contributed by atoms with E-state index < -0.39 is 17.4 Å². The minimum Gasteiger partial charge on any atom is -0.395 e. The Bertz CT molecular complexity index is 432. The molecule has 0 amide bonds. The molecule has 0 saturated carbocycles. The van der Waals surface area contributed by atoms with Crippen molar-refractivity contribution in [1.82, 2.24) is 10.2 Å². The van der Waals surface area contributed by atoms with Crippen LogP contribution in [0, 0.1) is 0 Å². The Hall–Kier alpha value is 0.504. The van der Waals surface area contributed by atoms with E-state index in [4.69, 9.17) is 22.1 Å². The van der Waals surface area contributed by atoms with Crippen LogP contribution in [0.15, 0.2) is 0 Å². The lowest BCUT2D eigenvalue weighted by atomic mass is 10.2. The number of thioether (sulfide) groups is 1. The van der Waals surface area contributed by atoms with Crippen molar-refractivity contribution in [3.63, 3.8) is 0 Å². The maximum absolute atomic E-state index is 6.01. The molecule has 0 aromatic carbocycles. The lowest BCUT2D eigenvalue weighted by molar-refractivity contribution is 0.114. The standard InChI is InChI=1S/C21H50N2O5SSi2/c1-10-23(11-2)21(29-14-5,17-15-20-31(24-6,25-7)26-8)22-18-16-19-30(9,27-12-3)28-13-4/h22H,10-20H2,1-9H3. The Morgan fingerprint density at radius 2 is 1.39 bits per heavy atom. The van der Waals surface area contributed by atoms with E-state index >= 15 is 0 Å². The summed E-state index contributed by atoms with van der Waals surface area (Å²) < 4.78 is 28.9. The maximum Gasteiger partial charge on any atom is 0.500 e. The minimum atomic E-state index is -2.56. The van der Waals surface area contributed by atoms with Gasteiger partial charge in [0.25, 0.3) is 0 Å². The van der Waals surface area contributed by atoms with Crippen molar-refractivity contribution in [3.05, 3.63) is 0 Å². The van der Waals surface area contributed by atoms with E-state index in [0.717, 1.165) is 70.0 Å². The zero-order chi connectivity index (χ0) is 23.8. The summed E-state index contributed by atoms with van der Waals surface area (Å²) in [5.41, 5.74) is 0. The third-order valence-electron chi connectivity index (χ3n) is 5.70. The molecule has 10 heteroatoms. The average Bonchev–Trinajstić information content (AvgIpc) is 2.76. The van der Waals surface area contributed by atoms with Crippen LogP contribution in [0.3, 0.4) is 0 Å². The predicted octanol–water partition coefficient (Wildman–Crippen LogP) is 4.52. The quantitative estimate of drug-likeness (QED) is 0.141. The molecular weight excluding hydrogens is 448 g/mol. The van der Waals surface area contributed by atoms with Gasteiger partial charge in [0.05, 0.1) is 0 Å². The van der Waals surface area contributed by atoms with Crippen molar-refractivity contribution < 1.29 is 22.1 Å². The van der Waals surface area contributed by atoms with E-state index in [1.165, 1.54) is 0 Å². The second-order valence-corrected chi connectivity index (χ2v) is 15.5. The molecule has 0 spiro atoms. The van der Waals surface area contributed by atoms with Crippen molar-refractivity contribution >= 4 is 29.1 Å². The van der Waals surface area contributed by atoms with Gasteiger partial charge in [-0.25, -0.2) is 0 Å². The third kappa shape index (κ3) is 10.5. The highest BCUT2D eigenvalue weighted by atomic mass is 32.2. The molecule has 0 fully saturated rings. The van der Waals surface area contributed by atoms with Crippen LogP contribution >= 0.6 is 11.8 Å². The van der Waals surface area contributed by atoms with Gasteiger partial charge in [0.2, 0.25) is 0 Å². The Morgan fingerprint density at radius 3 is 1.81 bits per heavy atom. The van der Waals surface area contributed by atoms with Crippen LogP contribution in [0.5, 0.6) is 0 Å². The van der Waals surface area contributed by atoms with Crippen LogP contribution in [0.4, 0.5) is 0 Å². The summed E-state index contributed by atoms with van der Waals surface area (Å²) in [5.74, 6) is 1.05. The van der Waals surface area contributed by atoms with E-state index in [9.17, 15) is 0 Å². The molecule has 0 aromatic heterocycles. The Morgan fingerprint density at radius 1 is 0.839 bits per heavy atom. The van der Waals surface area contributed by atoms with E-state index in [0.29, 0.717) is 0 Å². The van der Waals surface area contributed by atoms with Crippen LogP contribution in [0.25, 0.3) is 0 Å². The lowest BCUT2D eigenvalue weighted by Crippen LogP contribution is -2.57. The third-order valence-corrected chi connectivity index (χ3v) is 13.0. The van der Waals surface area contributed by atoms with E-state index in [-0.39, 0.29) is 4.99 Å². The second kappa shape index (κ2) is 17.0. The molecule has 0 aliphatic heterocycles. The molecule has 31 heavy (non-hydrogen) atoms. The van der Waals surface area contributed by atoms with Crippen molar-refractivity contribution in [2.75, 3.05) is 59.9 Å². The summed E-state index contributed by atoms with van der Waals surface area (Å²) in [4.78, 5) is 2.43. The molecular formula is C21H50N2O5SSi2. The van der Waals surface area contributed by atoms with Gasteiger partial charge in [-0.1, -0.05) is 20.8 Å². The highest BCUT2D eigenvalue weighted by Gasteiger charge is 2.40. The zero-order valence-electron chi connectivity index (χ0n) is 21.7. The van der Waals surface area contributed by atoms with Gasteiger partial charge in [0.15, 0.2) is 0 Å². The molecule has 188 valence electrons. The van der Waals surface area contributed by atoms with Gasteiger partial charge in [-0.2, -0.15) is 0 Å². The van der Waals surface area contributed by atoms with Crippen LogP contribution in [0.1, 0.15) is 53.9 Å². The summed E-state index contributed by atoms with van der Waals surface area (Å²) in [6.07, 6.45) is 3.02. The number of hydrogen-bond acceptors (Lipinski definition) is 8. The topological polar surface area (TPSA) is 61.4 Å². The van der Waals surface area contributed by atoms with Crippen molar-refractivity contribution in [2.45, 2.75) is 77.5 Å². The first kappa shape index (κ1) is 31.5. The van der Waals surface area contributed by atoms with Gasteiger partial charge in [-0.15, -0.1) is 11.8 Å². The second-order valence-electron chi connectivity index (χ2n) is 7.57. The molecule has 0 heterocycles. The van der Waals surface area contributed by atoms with Gasteiger partial charge >= 0.3 is 17.4 Å². The van der Waals surface area contributed by atoms with Crippen LogP contribution in [0.2, 0.25) is 18.6 Å². The van der Waals surface area contributed by atoms with Crippen LogP contribution in [-0.4, -0.2) is 87.2 Å². The molecule has 1 unspecified atom stereocenters. The fraction of sp³-hybridized carbons (Fsp3) is 1.00. The summed E-state index contributed by atoms with van der Waals surface area (Å²) >= 11 is 1.99. The largest absolute Gasteiger partial charge is 0.500 e. The van der Waals surface area contributed by atoms with Crippen LogP contribution < -0.4 is 5.32 Å². The van der Waals surface area contributed by atoms with Gasteiger partial charge < -0.3 is 22.1 Å². The summed E-state index contributed by atoms with van der Waals surface area (Å²) in [6.45, 7) is 17.4. The molecule has 0 saturated heterocycles. The number of hydrogen-bond donors (Lipinski definition) is 1.